The van der Waals surface area contributed by atoms with Crippen LogP contribution in [0.1, 0.15) is 98.3 Å². The third kappa shape index (κ3) is 5.06. The van der Waals surface area contributed by atoms with Crippen LogP contribution in [0.15, 0.2) is 35.2 Å². The Morgan fingerprint density at radius 1 is 1.10 bits per heavy atom. The minimum atomic E-state index is -0.626. The third-order valence-electron chi connectivity index (χ3n) is 8.78. The van der Waals surface area contributed by atoms with Crippen molar-refractivity contribution in [1.82, 2.24) is 0 Å². The number of aliphatic hydroxyl groups excluding tert-OH is 1. The first-order valence-corrected chi connectivity index (χ1v) is 12.2. The Morgan fingerprint density at radius 3 is 2.62 bits per heavy atom. The van der Waals surface area contributed by atoms with Gasteiger partial charge in [-0.15, -0.1) is 0 Å². The zero-order valence-corrected chi connectivity index (χ0v) is 19.2. The lowest BCUT2D eigenvalue weighted by atomic mass is 9.62. The van der Waals surface area contributed by atoms with Crippen molar-refractivity contribution in [3.63, 3.8) is 0 Å². The number of hydrogen-bond donors (Lipinski definition) is 1. The molecule has 2 heteroatoms. The van der Waals surface area contributed by atoms with Crippen molar-refractivity contribution in [1.29, 1.82) is 0 Å². The van der Waals surface area contributed by atoms with Gasteiger partial charge in [-0.05, 0) is 92.4 Å². The first kappa shape index (κ1) is 22.8. The minimum Gasteiger partial charge on any atom is -0.388 e. The fourth-order valence-electron chi connectivity index (χ4n) is 6.37. The lowest BCUT2D eigenvalue weighted by Gasteiger charge is -2.42. The van der Waals surface area contributed by atoms with Gasteiger partial charge in [0.25, 0.3) is 0 Å². The van der Waals surface area contributed by atoms with Crippen LogP contribution in [0.5, 0.6) is 0 Å². The second kappa shape index (κ2) is 9.94. The van der Waals surface area contributed by atoms with Crippen molar-refractivity contribution in [3.8, 4) is 0 Å². The van der Waals surface area contributed by atoms with Crippen LogP contribution in [0, 0.1) is 29.1 Å². The van der Waals surface area contributed by atoms with Crippen molar-refractivity contribution in [2.75, 3.05) is 0 Å². The summed E-state index contributed by atoms with van der Waals surface area (Å²) in [5, 5.41) is 10.1. The molecular formula is C27H43FO. The topological polar surface area (TPSA) is 20.2 Å². The molecule has 0 spiro atoms. The Balaban J connectivity index is 1.68. The van der Waals surface area contributed by atoms with E-state index >= 15 is 0 Å². The highest BCUT2D eigenvalue weighted by Crippen LogP contribution is 2.58. The summed E-state index contributed by atoms with van der Waals surface area (Å²) in [7, 11) is 0. The molecule has 0 aromatic heterocycles. The Hall–Kier alpha value is -0.890. The monoisotopic (exact) mass is 402 g/mol. The van der Waals surface area contributed by atoms with E-state index < -0.39 is 6.10 Å². The minimum absolute atomic E-state index is 0.453. The summed E-state index contributed by atoms with van der Waals surface area (Å²) in [6, 6.07) is 0. The standard InChI is InChI=1S/C27H43FO/c1-19(2)20(3)8-5-11-23-15-16-25-22(10-7-17-27(23,25)4)14-13-21-9-6-12-26(29)24(21)18-28/h13-14,18-20,23,25-26,29H,5-12,15-17H2,1-4H3/b21-13-,22-14+,24-18-. The van der Waals surface area contributed by atoms with E-state index in [2.05, 4.69) is 39.8 Å². The Morgan fingerprint density at radius 2 is 1.90 bits per heavy atom. The van der Waals surface area contributed by atoms with E-state index in [9.17, 15) is 9.50 Å². The predicted octanol–water partition coefficient (Wildman–Crippen LogP) is 7.92. The Labute approximate surface area is 178 Å². The molecule has 0 aliphatic heterocycles. The van der Waals surface area contributed by atoms with Crippen molar-refractivity contribution in [2.24, 2.45) is 29.1 Å². The van der Waals surface area contributed by atoms with Gasteiger partial charge in [-0.25, -0.2) is 4.39 Å². The molecule has 0 radical (unpaired) electrons. The van der Waals surface area contributed by atoms with E-state index in [0.29, 0.717) is 29.7 Å². The molecule has 3 saturated carbocycles. The summed E-state index contributed by atoms with van der Waals surface area (Å²) in [6.45, 7) is 9.65. The Bertz CT molecular complexity index is 643. The lowest BCUT2D eigenvalue weighted by Crippen LogP contribution is -2.33. The maximum Gasteiger partial charge on any atom is 0.0927 e. The van der Waals surface area contributed by atoms with Crippen LogP contribution in [0.4, 0.5) is 4.39 Å². The number of halogens is 1. The van der Waals surface area contributed by atoms with Gasteiger partial charge < -0.3 is 5.11 Å². The van der Waals surface area contributed by atoms with E-state index in [-0.39, 0.29) is 0 Å². The van der Waals surface area contributed by atoms with Crippen LogP contribution in [-0.4, -0.2) is 11.2 Å². The molecule has 5 atom stereocenters. The van der Waals surface area contributed by atoms with Gasteiger partial charge in [0.05, 0.1) is 12.4 Å². The molecule has 3 aliphatic rings. The van der Waals surface area contributed by atoms with Crippen molar-refractivity contribution >= 4 is 0 Å². The van der Waals surface area contributed by atoms with Crippen LogP contribution >= 0.6 is 0 Å². The highest BCUT2D eigenvalue weighted by molar-refractivity contribution is 5.38. The predicted molar refractivity (Wildman–Crippen MR) is 121 cm³/mol. The maximum atomic E-state index is 13.3. The molecule has 3 fully saturated rings. The number of allylic oxidation sites excluding steroid dienone is 3. The van der Waals surface area contributed by atoms with Crippen molar-refractivity contribution in [3.05, 3.63) is 35.2 Å². The van der Waals surface area contributed by atoms with Gasteiger partial charge in [0.15, 0.2) is 0 Å². The van der Waals surface area contributed by atoms with E-state index in [0.717, 1.165) is 36.2 Å². The molecule has 1 N–H and O–H groups in total. The zero-order valence-electron chi connectivity index (χ0n) is 19.2. The van der Waals surface area contributed by atoms with Gasteiger partial charge >= 0.3 is 0 Å². The molecule has 0 amide bonds. The molecule has 3 rings (SSSR count). The lowest BCUT2D eigenvalue weighted by molar-refractivity contribution is 0.125. The van der Waals surface area contributed by atoms with E-state index in [1.807, 2.05) is 0 Å². The first-order valence-electron chi connectivity index (χ1n) is 12.2. The highest BCUT2D eigenvalue weighted by atomic mass is 19.1. The average molecular weight is 403 g/mol. The molecule has 29 heavy (non-hydrogen) atoms. The van der Waals surface area contributed by atoms with Gasteiger partial charge in [0, 0.05) is 5.57 Å². The van der Waals surface area contributed by atoms with Gasteiger partial charge in [-0.1, -0.05) is 58.3 Å². The van der Waals surface area contributed by atoms with Crippen molar-refractivity contribution < 1.29 is 9.50 Å². The molecule has 0 saturated heterocycles. The molecule has 0 heterocycles. The summed E-state index contributed by atoms with van der Waals surface area (Å²) < 4.78 is 13.3. The molecule has 0 aromatic carbocycles. The maximum absolute atomic E-state index is 13.3. The summed E-state index contributed by atoms with van der Waals surface area (Å²) in [4.78, 5) is 0. The van der Waals surface area contributed by atoms with Crippen LogP contribution in [0.2, 0.25) is 0 Å². The highest BCUT2D eigenvalue weighted by Gasteiger charge is 2.48. The summed E-state index contributed by atoms with van der Waals surface area (Å²) >= 11 is 0. The van der Waals surface area contributed by atoms with Crippen LogP contribution in [0.25, 0.3) is 0 Å². The molecule has 3 aliphatic carbocycles. The normalized spacial score (nSPS) is 38.2. The zero-order chi connectivity index (χ0) is 21.0. The number of hydrogen-bond acceptors (Lipinski definition) is 1. The van der Waals surface area contributed by atoms with Gasteiger partial charge in [-0.2, -0.15) is 0 Å². The summed E-state index contributed by atoms with van der Waals surface area (Å²) in [5.41, 5.74) is 3.55. The quantitative estimate of drug-likeness (QED) is 0.478. The number of fused-ring (bicyclic) bond motifs is 1. The van der Waals surface area contributed by atoms with E-state index in [1.165, 1.54) is 51.4 Å². The summed E-state index contributed by atoms with van der Waals surface area (Å²) in [6.07, 6.45) is 17.6. The van der Waals surface area contributed by atoms with Crippen molar-refractivity contribution in [2.45, 2.75) is 104 Å². The molecular weight excluding hydrogens is 359 g/mol. The second-order valence-electron chi connectivity index (χ2n) is 10.7. The van der Waals surface area contributed by atoms with E-state index in [4.69, 9.17) is 0 Å². The Kier molecular flexibility index (Phi) is 7.81. The first-order chi connectivity index (χ1) is 13.9. The fraction of sp³-hybridized carbons (Fsp3) is 0.778. The fourth-order valence-corrected chi connectivity index (χ4v) is 6.37. The second-order valence-corrected chi connectivity index (χ2v) is 10.7. The smallest absolute Gasteiger partial charge is 0.0927 e. The molecule has 5 unspecified atom stereocenters. The molecule has 164 valence electrons. The number of aliphatic hydroxyl groups is 1. The van der Waals surface area contributed by atoms with Crippen LogP contribution < -0.4 is 0 Å². The van der Waals surface area contributed by atoms with Gasteiger partial charge in [0.1, 0.15) is 0 Å². The molecule has 1 nitrogen and oxygen atoms in total. The van der Waals surface area contributed by atoms with Crippen LogP contribution in [-0.2, 0) is 0 Å². The summed E-state index contributed by atoms with van der Waals surface area (Å²) in [5.74, 6) is 3.19. The molecule has 0 bridgehead atoms. The molecule has 0 aromatic rings. The van der Waals surface area contributed by atoms with Gasteiger partial charge in [-0.3, -0.25) is 0 Å². The largest absolute Gasteiger partial charge is 0.388 e. The van der Waals surface area contributed by atoms with E-state index in [1.54, 1.807) is 5.57 Å². The number of rotatable bonds is 6. The SMILES string of the molecule is CC(C)C(C)CCCC1CCC2/C(=C/C=C3/CCCC(O)/C3=C\F)CCCC12C. The van der Waals surface area contributed by atoms with Crippen LogP contribution in [0.3, 0.4) is 0 Å². The third-order valence-corrected chi connectivity index (χ3v) is 8.78. The van der Waals surface area contributed by atoms with Gasteiger partial charge in [0.2, 0.25) is 0 Å². The average Bonchev–Trinajstić information content (AvgIpc) is 3.03.